The van der Waals surface area contributed by atoms with E-state index in [2.05, 4.69) is 5.16 Å². The maximum Gasteiger partial charge on any atom is 0.405 e. The zero-order valence-electron chi connectivity index (χ0n) is 10.1. The lowest BCUT2D eigenvalue weighted by atomic mass is 10.1. The zero-order valence-corrected chi connectivity index (χ0v) is 10.1. The van der Waals surface area contributed by atoms with Gasteiger partial charge in [0.15, 0.2) is 5.84 Å². The van der Waals surface area contributed by atoms with Crippen LogP contribution in [-0.2, 0) is 0 Å². The molecule has 4 nitrogen and oxygen atoms in total. The summed E-state index contributed by atoms with van der Waals surface area (Å²) in [5.74, 6) is -1.43. The first-order valence-corrected chi connectivity index (χ1v) is 5.38. The highest BCUT2D eigenvalue weighted by Crippen LogP contribution is 2.26. The number of oxime groups is 1. The Kier molecular flexibility index (Phi) is 4.57. The molecule has 1 aromatic carbocycles. The fourth-order valence-electron chi connectivity index (χ4n) is 1.66. The van der Waals surface area contributed by atoms with Crippen LogP contribution in [0.25, 0.3) is 0 Å². The van der Waals surface area contributed by atoms with Crippen LogP contribution in [0.3, 0.4) is 0 Å². The summed E-state index contributed by atoms with van der Waals surface area (Å²) in [6.45, 7) is 0.236. The second-order valence-electron chi connectivity index (χ2n) is 3.75. The molecule has 0 aromatic heterocycles. The number of hydrogen-bond acceptors (Lipinski definition) is 3. The number of nitrogens with zero attached hydrogens (tertiary/aromatic N) is 2. The molecule has 1 rings (SSSR count). The minimum atomic E-state index is -4.44. The monoisotopic (exact) mass is 279 g/mol. The minimum Gasteiger partial charge on any atom is -0.409 e. The van der Waals surface area contributed by atoms with Crippen LogP contribution in [0, 0.1) is 5.82 Å². The third-order valence-corrected chi connectivity index (χ3v) is 2.45. The number of benzene rings is 1. The van der Waals surface area contributed by atoms with Crippen molar-refractivity contribution in [2.24, 2.45) is 10.9 Å². The van der Waals surface area contributed by atoms with Crippen molar-refractivity contribution in [3.63, 3.8) is 0 Å². The summed E-state index contributed by atoms with van der Waals surface area (Å²) in [4.78, 5) is 0.899. The molecule has 8 heteroatoms. The molecule has 1 aromatic rings. The van der Waals surface area contributed by atoms with Crippen LogP contribution >= 0.6 is 0 Å². The van der Waals surface area contributed by atoms with Crippen LogP contribution in [0.1, 0.15) is 12.5 Å². The molecule has 0 unspecified atom stereocenters. The van der Waals surface area contributed by atoms with E-state index in [0.29, 0.717) is 0 Å². The van der Waals surface area contributed by atoms with E-state index in [4.69, 9.17) is 10.9 Å². The van der Waals surface area contributed by atoms with E-state index in [0.717, 1.165) is 11.0 Å². The molecule has 0 fully saturated rings. The second kappa shape index (κ2) is 5.77. The molecule has 0 amide bonds. The van der Waals surface area contributed by atoms with E-state index >= 15 is 0 Å². The Morgan fingerprint density at radius 3 is 2.53 bits per heavy atom. The number of amidine groups is 1. The van der Waals surface area contributed by atoms with E-state index in [1.165, 1.54) is 19.1 Å². The summed E-state index contributed by atoms with van der Waals surface area (Å²) in [5.41, 5.74) is 4.88. The molecule has 0 heterocycles. The molecule has 0 aliphatic heterocycles. The Hall–Kier alpha value is -1.99. The lowest BCUT2D eigenvalue weighted by Gasteiger charge is -2.26. The lowest BCUT2D eigenvalue weighted by molar-refractivity contribution is -0.119. The van der Waals surface area contributed by atoms with Crippen molar-refractivity contribution in [1.29, 1.82) is 0 Å². The number of hydrogen-bond donors (Lipinski definition) is 2. The van der Waals surface area contributed by atoms with Gasteiger partial charge in [0, 0.05) is 6.54 Å². The average Bonchev–Trinajstić information content (AvgIpc) is 2.33. The number of alkyl halides is 3. The topological polar surface area (TPSA) is 61.8 Å². The van der Waals surface area contributed by atoms with E-state index in [1.54, 1.807) is 0 Å². The van der Waals surface area contributed by atoms with Gasteiger partial charge in [-0.3, -0.25) is 0 Å². The molecule has 0 radical (unpaired) electrons. The Balaban J connectivity index is 3.28. The van der Waals surface area contributed by atoms with Gasteiger partial charge >= 0.3 is 6.18 Å². The molecule has 0 atom stereocenters. The van der Waals surface area contributed by atoms with Gasteiger partial charge in [0.25, 0.3) is 0 Å². The van der Waals surface area contributed by atoms with Crippen LogP contribution in [-0.4, -0.2) is 30.3 Å². The first-order valence-electron chi connectivity index (χ1n) is 5.38. The van der Waals surface area contributed by atoms with E-state index in [9.17, 15) is 17.6 Å². The highest BCUT2D eigenvalue weighted by atomic mass is 19.4. The molecule has 0 aliphatic rings. The summed E-state index contributed by atoms with van der Waals surface area (Å²) >= 11 is 0. The van der Waals surface area contributed by atoms with Gasteiger partial charge in [-0.1, -0.05) is 11.2 Å². The third-order valence-electron chi connectivity index (χ3n) is 2.45. The maximum atomic E-state index is 13.6. The normalized spacial score (nSPS) is 12.6. The van der Waals surface area contributed by atoms with Gasteiger partial charge in [0.05, 0.1) is 11.3 Å². The molecule has 0 saturated carbocycles. The fourth-order valence-corrected chi connectivity index (χ4v) is 1.66. The Bertz CT molecular complexity index is 473. The molecule has 0 saturated heterocycles. The minimum absolute atomic E-state index is 0.00529. The van der Waals surface area contributed by atoms with E-state index in [-0.39, 0.29) is 17.8 Å². The number of anilines is 1. The molecule has 106 valence electrons. The van der Waals surface area contributed by atoms with Crippen molar-refractivity contribution >= 4 is 11.5 Å². The summed E-state index contributed by atoms with van der Waals surface area (Å²) in [6, 6.07) is 3.57. The Morgan fingerprint density at radius 2 is 2.05 bits per heavy atom. The summed E-state index contributed by atoms with van der Waals surface area (Å²) in [5, 5.41) is 11.2. The molecule has 0 bridgehead atoms. The molecule has 0 aliphatic carbocycles. The van der Waals surface area contributed by atoms with Crippen LogP contribution in [0.5, 0.6) is 0 Å². The first-order chi connectivity index (χ1) is 8.80. The molecule has 3 N–H and O–H groups in total. The van der Waals surface area contributed by atoms with Crippen molar-refractivity contribution in [1.82, 2.24) is 0 Å². The Morgan fingerprint density at radius 1 is 1.42 bits per heavy atom. The lowest BCUT2D eigenvalue weighted by Crippen LogP contribution is -2.35. The third kappa shape index (κ3) is 3.73. The van der Waals surface area contributed by atoms with Gasteiger partial charge in [-0.05, 0) is 19.1 Å². The van der Waals surface area contributed by atoms with Crippen molar-refractivity contribution in [2.45, 2.75) is 13.1 Å². The highest BCUT2D eigenvalue weighted by Gasteiger charge is 2.31. The van der Waals surface area contributed by atoms with Gasteiger partial charge in [0.2, 0.25) is 0 Å². The smallest absolute Gasteiger partial charge is 0.405 e. The first kappa shape index (κ1) is 15.1. The summed E-state index contributed by atoms with van der Waals surface area (Å²) in [6.07, 6.45) is -4.44. The standard InChI is InChI=1S/C11H13F4N3O/c1-2-18(6-11(13,14)15)8-5-3-4-7(12)9(8)10(16)17-19/h3-5,19H,2,6H2,1H3,(H2,16,17). The average molecular weight is 279 g/mol. The highest BCUT2D eigenvalue weighted by molar-refractivity contribution is 6.02. The largest absolute Gasteiger partial charge is 0.409 e. The van der Waals surface area contributed by atoms with Crippen molar-refractivity contribution < 1.29 is 22.8 Å². The predicted octanol–water partition coefficient (Wildman–Crippen LogP) is 2.31. The van der Waals surface area contributed by atoms with E-state index < -0.39 is 24.4 Å². The number of halogens is 4. The summed E-state index contributed by atoms with van der Waals surface area (Å²) < 4.78 is 51.0. The van der Waals surface area contributed by atoms with Crippen molar-refractivity contribution in [3.8, 4) is 0 Å². The van der Waals surface area contributed by atoms with E-state index in [1.807, 2.05) is 0 Å². The van der Waals surface area contributed by atoms with Crippen LogP contribution in [0.15, 0.2) is 23.4 Å². The van der Waals surface area contributed by atoms with Crippen molar-refractivity contribution in [3.05, 3.63) is 29.6 Å². The second-order valence-corrected chi connectivity index (χ2v) is 3.75. The van der Waals surface area contributed by atoms with Gasteiger partial charge in [0.1, 0.15) is 12.4 Å². The van der Waals surface area contributed by atoms with Gasteiger partial charge in [-0.2, -0.15) is 13.2 Å². The van der Waals surface area contributed by atoms with Crippen LogP contribution in [0.4, 0.5) is 23.2 Å². The Labute approximate surface area is 107 Å². The van der Waals surface area contributed by atoms with Gasteiger partial charge in [-0.15, -0.1) is 0 Å². The van der Waals surface area contributed by atoms with Crippen LogP contribution < -0.4 is 10.6 Å². The molecule has 0 spiro atoms. The van der Waals surface area contributed by atoms with Crippen LogP contribution in [0.2, 0.25) is 0 Å². The van der Waals surface area contributed by atoms with Crippen molar-refractivity contribution in [2.75, 3.05) is 18.0 Å². The van der Waals surface area contributed by atoms with Gasteiger partial charge < -0.3 is 15.8 Å². The van der Waals surface area contributed by atoms with Gasteiger partial charge in [-0.25, -0.2) is 4.39 Å². The molecular weight excluding hydrogens is 266 g/mol. The zero-order chi connectivity index (χ0) is 14.6. The fraction of sp³-hybridized carbons (Fsp3) is 0.364. The number of rotatable bonds is 4. The maximum absolute atomic E-state index is 13.6. The molecular formula is C11H13F4N3O. The summed E-state index contributed by atoms with van der Waals surface area (Å²) in [7, 11) is 0. The predicted molar refractivity (Wildman–Crippen MR) is 62.9 cm³/mol. The quantitative estimate of drug-likeness (QED) is 0.292. The number of nitrogens with two attached hydrogens (primary N) is 1. The SMILES string of the molecule is CCN(CC(F)(F)F)c1cccc(F)c1C(N)=NO. The molecule has 19 heavy (non-hydrogen) atoms.